The van der Waals surface area contributed by atoms with Gasteiger partial charge in [0.15, 0.2) is 0 Å². The average Bonchev–Trinajstić information content (AvgIpc) is 2.84. The summed E-state index contributed by atoms with van der Waals surface area (Å²) >= 11 is 0. The highest BCUT2D eigenvalue weighted by Gasteiger charge is 2.15. The molecule has 0 aromatic rings. The number of unbranched alkanes of at least 4 members (excludes halogenated alkanes) is 14. The minimum absolute atomic E-state index is 0.0350. The lowest BCUT2D eigenvalue weighted by atomic mass is 10.1. The summed E-state index contributed by atoms with van der Waals surface area (Å²) in [6.07, 6.45) is 23.9. The number of hydrogen-bond donors (Lipinski definition) is 0. The first-order valence-electron chi connectivity index (χ1n) is 15.0. The smallest absolute Gasteiger partial charge is 0.306 e. The first-order valence-corrected chi connectivity index (χ1v) is 15.0. The molecule has 0 fully saturated rings. The molecule has 0 spiro atoms. The molecular formula is C30H58O5. The van der Waals surface area contributed by atoms with E-state index in [1.165, 1.54) is 83.5 Å². The quantitative estimate of drug-likeness (QED) is 0.0837. The molecule has 35 heavy (non-hydrogen) atoms. The van der Waals surface area contributed by atoms with Gasteiger partial charge in [0.05, 0.1) is 6.61 Å². The van der Waals surface area contributed by atoms with Crippen molar-refractivity contribution >= 4 is 11.9 Å². The molecule has 0 aromatic carbocycles. The molecule has 0 saturated carbocycles. The summed E-state index contributed by atoms with van der Waals surface area (Å²) in [5.41, 5.74) is 0. The number of hydrogen-bond acceptors (Lipinski definition) is 5. The van der Waals surface area contributed by atoms with Crippen molar-refractivity contribution in [3.63, 3.8) is 0 Å². The third-order valence-electron chi connectivity index (χ3n) is 6.58. The molecule has 0 radical (unpaired) electrons. The molecule has 0 heterocycles. The standard InChI is InChI=1S/C30H58O5/c1-4-6-8-10-11-12-13-14-15-16-17-19-27-34-29(31)24-20-25-30(32)35-28(23-21-26-33-3)22-18-9-7-5-2/h28H,4-27H2,1-3H3. The predicted molar refractivity (Wildman–Crippen MR) is 146 cm³/mol. The van der Waals surface area contributed by atoms with Crippen molar-refractivity contribution in [3.8, 4) is 0 Å². The molecule has 0 aliphatic carbocycles. The Morgan fingerprint density at radius 1 is 0.543 bits per heavy atom. The third kappa shape index (κ3) is 25.8. The van der Waals surface area contributed by atoms with E-state index >= 15 is 0 Å². The molecule has 1 unspecified atom stereocenters. The second kappa shape index (κ2) is 27.5. The van der Waals surface area contributed by atoms with Gasteiger partial charge >= 0.3 is 11.9 Å². The van der Waals surface area contributed by atoms with Crippen LogP contribution in [0.5, 0.6) is 0 Å². The molecule has 0 aromatic heterocycles. The lowest BCUT2D eigenvalue weighted by Gasteiger charge is -2.18. The van der Waals surface area contributed by atoms with Crippen LogP contribution in [0.2, 0.25) is 0 Å². The van der Waals surface area contributed by atoms with Crippen LogP contribution in [0, 0.1) is 0 Å². The van der Waals surface area contributed by atoms with Crippen molar-refractivity contribution in [2.75, 3.05) is 20.3 Å². The average molecular weight is 499 g/mol. The molecule has 5 heteroatoms. The van der Waals surface area contributed by atoms with Gasteiger partial charge in [0.2, 0.25) is 0 Å². The molecule has 0 amide bonds. The second-order valence-corrected chi connectivity index (χ2v) is 10.1. The molecule has 5 nitrogen and oxygen atoms in total. The Bertz CT molecular complexity index is 466. The normalized spacial score (nSPS) is 12.0. The highest BCUT2D eigenvalue weighted by atomic mass is 16.5. The largest absolute Gasteiger partial charge is 0.466 e. The predicted octanol–water partition coefficient (Wildman–Crippen LogP) is 8.71. The zero-order valence-corrected chi connectivity index (χ0v) is 23.6. The van der Waals surface area contributed by atoms with Gasteiger partial charge in [-0.3, -0.25) is 9.59 Å². The zero-order chi connectivity index (χ0) is 25.8. The molecule has 208 valence electrons. The summed E-state index contributed by atoms with van der Waals surface area (Å²) in [7, 11) is 1.69. The van der Waals surface area contributed by atoms with Gasteiger partial charge in [-0.2, -0.15) is 0 Å². The fraction of sp³-hybridized carbons (Fsp3) is 0.933. The SMILES string of the molecule is CCCCCCCCCCCCCCOC(=O)CCCC(=O)OC(CCCCCC)CCCOC. The fourth-order valence-electron chi connectivity index (χ4n) is 4.34. The lowest BCUT2D eigenvalue weighted by molar-refractivity contribution is -0.150. The van der Waals surface area contributed by atoms with Crippen LogP contribution in [0.1, 0.15) is 155 Å². The van der Waals surface area contributed by atoms with Crippen molar-refractivity contribution in [3.05, 3.63) is 0 Å². The van der Waals surface area contributed by atoms with E-state index in [-0.39, 0.29) is 30.9 Å². The summed E-state index contributed by atoms with van der Waals surface area (Å²) in [6, 6.07) is 0. The van der Waals surface area contributed by atoms with Crippen LogP contribution < -0.4 is 0 Å². The van der Waals surface area contributed by atoms with Crippen molar-refractivity contribution in [1.29, 1.82) is 0 Å². The van der Waals surface area contributed by atoms with E-state index < -0.39 is 0 Å². The van der Waals surface area contributed by atoms with E-state index in [4.69, 9.17) is 14.2 Å². The summed E-state index contributed by atoms with van der Waals surface area (Å²) in [6.45, 7) is 5.64. The van der Waals surface area contributed by atoms with E-state index in [1.54, 1.807) is 7.11 Å². The van der Waals surface area contributed by atoms with E-state index in [0.717, 1.165) is 38.5 Å². The van der Waals surface area contributed by atoms with Crippen molar-refractivity contribution in [1.82, 2.24) is 0 Å². The molecule has 0 N–H and O–H groups in total. The number of carbonyl (C=O) groups is 2. The maximum Gasteiger partial charge on any atom is 0.306 e. The first-order chi connectivity index (χ1) is 17.1. The Hall–Kier alpha value is -1.10. The highest BCUT2D eigenvalue weighted by molar-refractivity contribution is 5.72. The molecule has 1 atom stereocenters. The van der Waals surface area contributed by atoms with Gasteiger partial charge in [-0.15, -0.1) is 0 Å². The molecular weight excluding hydrogens is 440 g/mol. The van der Waals surface area contributed by atoms with Gasteiger partial charge in [-0.25, -0.2) is 0 Å². The van der Waals surface area contributed by atoms with Gasteiger partial charge in [-0.1, -0.05) is 104 Å². The maximum atomic E-state index is 12.2. The van der Waals surface area contributed by atoms with Crippen LogP contribution in [0.4, 0.5) is 0 Å². The van der Waals surface area contributed by atoms with Crippen LogP contribution in [0.25, 0.3) is 0 Å². The number of carbonyl (C=O) groups excluding carboxylic acids is 2. The van der Waals surface area contributed by atoms with E-state index in [2.05, 4.69) is 13.8 Å². The van der Waals surface area contributed by atoms with Crippen molar-refractivity contribution < 1.29 is 23.8 Å². The number of methoxy groups -OCH3 is 1. The van der Waals surface area contributed by atoms with E-state index in [1.807, 2.05) is 0 Å². The number of ether oxygens (including phenoxy) is 3. The van der Waals surface area contributed by atoms with Gasteiger partial charge in [-0.05, 0) is 38.5 Å². The monoisotopic (exact) mass is 498 g/mol. The summed E-state index contributed by atoms with van der Waals surface area (Å²) in [4.78, 5) is 24.2. The Balaban J connectivity index is 3.67. The number of rotatable bonds is 27. The van der Waals surface area contributed by atoms with E-state index in [0.29, 0.717) is 19.6 Å². The van der Waals surface area contributed by atoms with Crippen LogP contribution in [-0.4, -0.2) is 38.4 Å². The lowest BCUT2D eigenvalue weighted by Crippen LogP contribution is -2.19. The first kappa shape index (κ1) is 33.9. The van der Waals surface area contributed by atoms with E-state index in [9.17, 15) is 9.59 Å². The Morgan fingerprint density at radius 2 is 1.03 bits per heavy atom. The van der Waals surface area contributed by atoms with Gasteiger partial charge in [0.25, 0.3) is 0 Å². The van der Waals surface area contributed by atoms with Gasteiger partial charge < -0.3 is 14.2 Å². The van der Waals surface area contributed by atoms with Crippen LogP contribution in [0.15, 0.2) is 0 Å². The molecule has 0 bridgehead atoms. The second-order valence-electron chi connectivity index (χ2n) is 10.1. The fourth-order valence-corrected chi connectivity index (χ4v) is 4.34. The zero-order valence-electron chi connectivity index (χ0n) is 23.6. The molecule has 0 saturated heterocycles. The summed E-state index contributed by atoms with van der Waals surface area (Å²) in [5.74, 6) is -0.395. The maximum absolute atomic E-state index is 12.2. The minimum atomic E-state index is -0.198. The van der Waals surface area contributed by atoms with Crippen molar-refractivity contribution in [2.45, 2.75) is 161 Å². The topological polar surface area (TPSA) is 61.8 Å². The summed E-state index contributed by atoms with van der Waals surface area (Å²) in [5, 5.41) is 0. The van der Waals surface area contributed by atoms with Crippen LogP contribution in [0.3, 0.4) is 0 Å². The molecule has 0 aliphatic rings. The van der Waals surface area contributed by atoms with Gasteiger partial charge in [0.1, 0.15) is 6.10 Å². The minimum Gasteiger partial charge on any atom is -0.466 e. The Morgan fingerprint density at radius 3 is 1.60 bits per heavy atom. The van der Waals surface area contributed by atoms with Gasteiger partial charge in [0, 0.05) is 26.6 Å². The Kier molecular flexibility index (Phi) is 26.6. The third-order valence-corrected chi connectivity index (χ3v) is 6.58. The van der Waals surface area contributed by atoms with Crippen molar-refractivity contribution in [2.24, 2.45) is 0 Å². The highest BCUT2D eigenvalue weighted by Crippen LogP contribution is 2.15. The Labute approximate surface area is 217 Å². The van der Waals surface area contributed by atoms with Crippen LogP contribution in [-0.2, 0) is 23.8 Å². The molecule has 0 rings (SSSR count). The van der Waals surface area contributed by atoms with Crippen LogP contribution >= 0.6 is 0 Å². The molecule has 0 aliphatic heterocycles. The summed E-state index contributed by atoms with van der Waals surface area (Å²) < 4.78 is 16.2. The number of esters is 2.